The zero-order chi connectivity index (χ0) is 13.8. The van der Waals surface area contributed by atoms with Gasteiger partial charge < -0.3 is 9.84 Å². The van der Waals surface area contributed by atoms with Gasteiger partial charge in [0.05, 0.1) is 22.8 Å². The van der Waals surface area contributed by atoms with E-state index in [-0.39, 0.29) is 22.8 Å². The van der Waals surface area contributed by atoms with Gasteiger partial charge in [-0.1, -0.05) is 0 Å². The van der Waals surface area contributed by atoms with E-state index in [0.29, 0.717) is 11.1 Å². The lowest BCUT2D eigenvalue weighted by Crippen LogP contribution is -2.14. The first kappa shape index (κ1) is 15.1. The van der Waals surface area contributed by atoms with Gasteiger partial charge in [0.25, 0.3) is 0 Å². The number of benzene rings is 1. The minimum atomic E-state index is -3.55. The van der Waals surface area contributed by atoms with Crippen molar-refractivity contribution in [3.05, 3.63) is 28.2 Å². The van der Waals surface area contributed by atoms with Gasteiger partial charge in [0.2, 0.25) is 0 Å². The van der Waals surface area contributed by atoms with Crippen LogP contribution in [-0.4, -0.2) is 38.5 Å². The van der Waals surface area contributed by atoms with Crippen LogP contribution >= 0.6 is 15.9 Å². The first-order valence-corrected chi connectivity index (χ1v) is 7.66. The molecule has 1 aromatic carbocycles. The molecule has 0 bridgehead atoms. The van der Waals surface area contributed by atoms with E-state index in [1.54, 1.807) is 6.92 Å². The normalized spacial score (nSPS) is 11.4. The molecule has 0 aliphatic carbocycles. The van der Waals surface area contributed by atoms with Gasteiger partial charge >= 0.3 is 5.97 Å². The number of aromatic carboxylic acids is 1. The number of carbonyl (C=O) groups is 1. The number of carboxylic acid groups (broad SMARTS) is 1. The predicted molar refractivity (Wildman–Crippen MR) is 69.6 cm³/mol. The van der Waals surface area contributed by atoms with Crippen molar-refractivity contribution < 1.29 is 23.1 Å². The zero-order valence-corrected chi connectivity index (χ0v) is 12.1. The Morgan fingerprint density at radius 3 is 2.67 bits per heavy atom. The molecule has 0 spiro atoms. The number of hydrogen-bond acceptors (Lipinski definition) is 4. The third-order valence-electron chi connectivity index (χ3n) is 2.21. The van der Waals surface area contributed by atoms with E-state index in [2.05, 4.69) is 15.9 Å². The van der Waals surface area contributed by atoms with E-state index < -0.39 is 15.8 Å². The number of hydrogen-bond donors (Lipinski definition) is 1. The molecule has 5 nitrogen and oxygen atoms in total. The lowest BCUT2D eigenvalue weighted by atomic mass is 10.2. The molecule has 0 atom stereocenters. The van der Waals surface area contributed by atoms with Gasteiger partial charge in [0.1, 0.15) is 0 Å². The third-order valence-corrected chi connectivity index (χ3v) is 4.88. The van der Waals surface area contributed by atoms with E-state index in [4.69, 9.17) is 9.84 Å². The summed E-state index contributed by atoms with van der Waals surface area (Å²) < 4.78 is 29.3. The molecular weight excluding hydrogens is 324 g/mol. The molecule has 0 aromatic heterocycles. The first-order chi connectivity index (χ1) is 8.38. The molecule has 0 aliphatic rings. The molecule has 0 saturated carbocycles. The van der Waals surface area contributed by atoms with Gasteiger partial charge in [0, 0.05) is 11.1 Å². The molecule has 100 valence electrons. The molecule has 0 aliphatic heterocycles. The van der Waals surface area contributed by atoms with Crippen molar-refractivity contribution in [1.29, 1.82) is 0 Å². The lowest BCUT2D eigenvalue weighted by Gasteiger charge is -2.07. The summed E-state index contributed by atoms with van der Waals surface area (Å²) in [6.07, 6.45) is 0. The number of halogens is 1. The summed E-state index contributed by atoms with van der Waals surface area (Å²) in [6.45, 7) is 2.29. The van der Waals surface area contributed by atoms with Crippen molar-refractivity contribution >= 4 is 31.7 Å². The molecule has 1 aromatic rings. The quantitative estimate of drug-likeness (QED) is 0.803. The summed E-state index contributed by atoms with van der Waals surface area (Å²) in [5, 5.41) is 8.85. The number of sulfone groups is 1. The van der Waals surface area contributed by atoms with Crippen LogP contribution in [0.3, 0.4) is 0 Å². The maximum Gasteiger partial charge on any atom is 0.335 e. The van der Waals surface area contributed by atoms with Crippen molar-refractivity contribution in [1.82, 2.24) is 0 Å². The van der Waals surface area contributed by atoms with Crippen LogP contribution in [0.5, 0.6) is 0 Å². The Morgan fingerprint density at radius 1 is 1.44 bits per heavy atom. The standard InChI is InChI=1S/C11H13BrO5S/c1-2-17-5-6-18(15,16)10-7-8(11(13)14)3-4-9(10)12/h3-4,7H,2,5-6H2,1H3,(H,13,14). The van der Waals surface area contributed by atoms with Crippen molar-refractivity contribution in [3.8, 4) is 0 Å². The van der Waals surface area contributed by atoms with Crippen LogP contribution in [0.25, 0.3) is 0 Å². The third kappa shape index (κ3) is 3.79. The van der Waals surface area contributed by atoms with Crippen LogP contribution in [0.4, 0.5) is 0 Å². The summed E-state index contributed by atoms with van der Waals surface area (Å²) in [6, 6.07) is 3.90. The Balaban J connectivity index is 3.07. The Kier molecular flexibility index (Phi) is 5.30. The lowest BCUT2D eigenvalue weighted by molar-refractivity contribution is 0.0696. The highest BCUT2D eigenvalue weighted by Crippen LogP contribution is 2.24. The molecule has 0 fully saturated rings. The van der Waals surface area contributed by atoms with Crippen molar-refractivity contribution in [3.63, 3.8) is 0 Å². The van der Waals surface area contributed by atoms with Crippen molar-refractivity contribution in [2.24, 2.45) is 0 Å². The summed E-state index contributed by atoms with van der Waals surface area (Å²) in [5.41, 5.74) is -0.0619. The van der Waals surface area contributed by atoms with Crippen LogP contribution in [-0.2, 0) is 14.6 Å². The van der Waals surface area contributed by atoms with E-state index in [9.17, 15) is 13.2 Å². The van der Waals surface area contributed by atoms with Crippen LogP contribution in [0, 0.1) is 0 Å². The van der Waals surface area contributed by atoms with Gasteiger partial charge in [-0.2, -0.15) is 0 Å². The number of ether oxygens (including phenoxy) is 1. The molecule has 1 N–H and O–H groups in total. The summed E-state index contributed by atoms with van der Waals surface area (Å²) in [7, 11) is -3.55. The van der Waals surface area contributed by atoms with Crippen molar-refractivity contribution in [2.75, 3.05) is 19.0 Å². The fourth-order valence-corrected chi connectivity index (χ4v) is 3.51. The highest BCUT2D eigenvalue weighted by atomic mass is 79.9. The molecule has 1 rings (SSSR count). The molecule has 18 heavy (non-hydrogen) atoms. The molecule has 0 amide bonds. The second-order valence-electron chi connectivity index (χ2n) is 3.47. The minimum Gasteiger partial charge on any atom is -0.478 e. The van der Waals surface area contributed by atoms with E-state index in [0.717, 1.165) is 6.07 Å². The monoisotopic (exact) mass is 336 g/mol. The number of rotatable bonds is 6. The zero-order valence-electron chi connectivity index (χ0n) is 9.72. The highest BCUT2D eigenvalue weighted by molar-refractivity contribution is 9.10. The molecular formula is C11H13BrO5S. The average Bonchev–Trinajstić information content (AvgIpc) is 2.29. The molecule has 0 saturated heterocycles. The Morgan fingerprint density at radius 2 is 2.11 bits per heavy atom. The molecule has 7 heteroatoms. The van der Waals surface area contributed by atoms with E-state index >= 15 is 0 Å². The fraction of sp³-hybridized carbons (Fsp3) is 0.364. The summed E-state index contributed by atoms with van der Waals surface area (Å²) in [5.74, 6) is -1.34. The van der Waals surface area contributed by atoms with Gasteiger partial charge in [0.15, 0.2) is 9.84 Å². The van der Waals surface area contributed by atoms with Gasteiger partial charge in [-0.25, -0.2) is 13.2 Å². The fourth-order valence-electron chi connectivity index (χ4n) is 1.30. The van der Waals surface area contributed by atoms with Crippen LogP contribution < -0.4 is 0 Å². The topological polar surface area (TPSA) is 80.7 Å². The Bertz CT molecular complexity index is 538. The van der Waals surface area contributed by atoms with E-state index in [1.807, 2.05) is 0 Å². The summed E-state index contributed by atoms with van der Waals surface area (Å²) in [4.78, 5) is 10.8. The van der Waals surface area contributed by atoms with Gasteiger partial charge in [-0.3, -0.25) is 0 Å². The Hall–Kier alpha value is -0.920. The molecule has 0 heterocycles. The maximum absolute atomic E-state index is 12.0. The van der Waals surface area contributed by atoms with Crippen LogP contribution in [0.15, 0.2) is 27.6 Å². The van der Waals surface area contributed by atoms with Crippen molar-refractivity contribution in [2.45, 2.75) is 11.8 Å². The Labute approximate surface area is 114 Å². The van der Waals surface area contributed by atoms with Crippen LogP contribution in [0.1, 0.15) is 17.3 Å². The molecule has 0 radical (unpaired) electrons. The van der Waals surface area contributed by atoms with Gasteiger partial charge in [-0.05, 0) is 41.1 Å². The SMILES string of the molecule is CCOCCS(=O)(=O)c1cc(C(=O)O)ccc1Br. The minimum absolute atomic E-state index is 0.0258. The average molecular weight is 337 g/mol. The van der Waals surface area contributed by atoms with Crippen LogP contribution in [0.2, 0.25) is 0 Å². The smallest absolute Gasteiger partial charge is 0.335 e. The van der Waals surface area contributed by atoms with Gasteiger partial charge in [-0.15, -0.1) is 0 Å². The number of carboxylic acids is 1. The molecule has 0 unspecified atom stereocenters. The highest BCUT2D eigenvalue weighted by Gasteiger charge is 2.19. The largest absolute Gasteiger partial charge is 0.478 e. The second kappa shape index (κ2) is 6.31. The predicted octanol–water partition coefficient (Wildman–Crippen LogP) is 1.96. The second-order valence-corrected chi connectivity index (χ2v) is 6.40. The first-order valence-electron chi connectivity index (χ1n) is 5.22. The summed E-state index contributed by atoms with van der Waals surface area (Å²) >= 11 is 3.11. The maximum atomic E-state index is 12.0. The van der Waals surface area contributed by atoms with E-state index in [1.165, 1.54) is 12.1 Å².